The molecule has 8 N–H and O–H groups in total. The van der Waals surface area contributed by atoms with Crippen molar-refractivity contribution in [3.63, 3.8) is 0 Å². The van der Waals surface area contributed by atoms with Crippen molar-refractivity contribution in [3.05, 3.63) is 169 Å². The Hall–Kier alpha value is -11.0. The minimum atomic E-state index is -3.35. The summed E-state index contributed by atoms with van der Waals surface area (Å²) >= 11 is 0. The van der Waals surface area contributed by atoms with Crippen LogP contribution in [0.4, 0.5) is 0 Å². The highest BCUT2D eigenvalue weighted by atomic mass is 32.2. The van der Waals surface area contributed by atoms with E-state index in [1.165, 1.54) is 57.8 Å². The number of hydrogen-bond donors (Lipinski definition) is 8. The highest BCUT2D eigenvalue weighted by molar-refractivity contribution is 7.92. The Morgan fingerprint density at radius 2 is 0.645 bits per heavy atom. The molecular formula is C91H110N16O13S4. The first kappa shape index (κ1) is 90.7. The first-order valence-electron chi connectivity index (χ1n) is 42.9. The van der Waals surface area contributed by atoms with Crippen molar-refractivity contribution in [2.24, 2.45) is 23.7 Å². The Balaban J connectivity index is 0.000000142. The van der Waals surface area contributed by atoms with Crippen LogP contribution in [0.15, 0.2) is 166 Å². The number of fused-ring (bicyclic) bond motifs is 4. The molecule has 2 atom stereocenters. The number of aliphatic hydroxyl groups excluding tert-OH is 1. The molecule has 1 aliphatic heterocycles. The quantitative estimate of drug-likeness (QED) is 0.0295. The third kappa shape index (κ3) is 20.8. The fourth-order valence-electron chi connectivity index (χ4n) is 15.9. The minimum absolute atomic E-state index is 0.0226. The third-order valence-corrected chi connectivity index (χ3v) is 32.7. The number of amides is 4. The highest BCUT2D eigenvalue weighted by Gasteiger charge is 2.31. The number of nitrogens with zero attached hydrogens (tertiary/aromatic N) is 9. The standard InChI is InChI=1S/C23H28N4O4S.2C23H28N4O3S.C22H26N4O3S/c1-14(2)32(30,31)17-9-7-15(8-10-17)19-13-25-22-21(27-19)18(12-24-22)23(29)26-11-16-5-3-4-6-20(16)28;1-15(2)31(29,30)18-10-8-17(9-11-18)20-14-25-22-21(27-20)19(13-24-22)23(28)26-12-16-6-4-3-5-7-16;1-4-16-9-11-27(12-10-16)23(28)19-13-24-22-21(19)26-20(14-25-22)17-5-7-18(8-6-17)31(29,30)15(2)3;1-14(2)30(28,29)17-9-7-16(8-10-17)19-13-24-21-20(26-19)18(12-23-21)22(27)25-11-15-5-3-4-6-15/h7-10,12-14,16,20,28H,3-6,11H2,1-2H3,(H,24,25)(H,26,29);8-11,13-16H,3-7,12H2,1-2H3,(H,24,25)(H,26,28);5-8,13-16H,4,9-12H2,1-3H3,(H,24,25);7-10,12-15H,3-6,11H2,1-2H3,(H,23,24)(H,25,27)/t16-,20+;;;/m1.../s1. The lowest BCUT2D eigenvalue weighted by molar-refractivity contribution is 0.0661. The summed E-state index contributed by atoms with van der Waals surface area (Å²) in [6.07, 6.45) is 30.5. The van der Waals surface area contributed by atoms with E-state index in [1.54, 1.807) is 202 Å². The largest absolute Gasteiger partial charge is 0.393 e. The fourth-order valence-corrected chi connectivity index (χ4v) is 20.1. The molecular weight excluding hydrogens is 1650 g/mol. The van der Waals surface area contributed by atoms with E-state index in [0.29, 0.717) is 133 Å². The Labute approximate surface area is 723 Å². The van der Waals surface area contributed by atoms with Gasteiger partial charge in [-0.25, -0.2) is 73.5 Å². The molecule has 0 spiro atoms. The number of carbonyl (C=O) groups is 4. The number of aromatic nitrogens is 12. The van der Waals surface area contributed by atoms with Crippen LogP contribution in [0.25, 0.3) is 89.7 Å². The molecule has 3 aliphatic carbocycles. The van der Waals surface area contributed by atoms with Gasteiger partial charge in [0.05, 0.1) is 117 Å². The van der Waals surface area contributed by atoms with Crippen LogP contribution in [0.3, 0.4) is 0 Å². The van der Waals surface area contributed by atoms with Gasteiger partial charge in [-0.15, -0.1) is 0 Å². The van der Waals surface area contributed by atoms with Gasteiger partial charge < -0.3 is 45.9 Å². The summed E-state index contributed by atoms with van der Waals surface area (Å²) < 4.78 is 98.7. The molecule has 0 unspecified atom stereocenters. The van der Waals surface area contributed by atoms with E-state index in [1.807, 2.05) is 4.90 Å². The van der Waals surface area contributed by atoms with E-state index in [2.05, 4.69) is 82.7 Å². The van der Waals surface area contributed by atoms with E-state index >= 15 is 0 Å². The molecule has 0 radical (unpaired) electrons. The van der Waals surface area contributed by atoms with Crippen molar-refractivity contribution in [1.29, 1.82) is 0 Å². The van der Waals surface area contributed by atoms with Gasteiger partial charge in [0.25, 0.3) is 23.6 Å². The highest BCUT2D eigenvalue weighted by Crippen LogP contribution is 2.33. The smallest absolute Gasteiger partial charge is 0.257 e. The molecule has 0 bridgehead atoms. The number of H-pyrrole nitrogens is 4. The van der Waals surface area contributed by atoms with Gasteiger partial charge in [0.1, 0.15) is 22.1 Å². The lowest BCUT2D eigenvalue weighted by Crippen LogP contribution is -2.38. The van der Waals surface area contributed by atoms with Gasteiger partial charge in [-0.1, -0.05) is 107 Å². The zero-order valence-corrected chi connectivity index (χ0v) is 74.7. The number of carbonyl (C=O) groups excluding carboxylic acids is 4. The van der Waals surface area contributed by atoms with Crippen LogP contribution in [0.1, 0.15) is 206 Å². The Kier molecular flexibility index (Phi) is 28.9. The van der Waals surface area contributed by atoms with Gasteiger partial charge in [0, 0.05) is 85.7 Å². The average Bonchev–Trinajstić information content (AvgIpc) is 1.60. The second-order valence-electron chi connectivity index (χ2n) is 33.6. The van der Waals surface area contributed by atoms with Crippen LogP contribution in [0.2, 0.25) is 0 Å². The van der Waals surface area contributed by atoms with Crippen molar-refractivity contribution in [2.45, 2.75) is 212 Å². The van der Waals surface area contributed by atoms with Crippen LogP contribution in [-0.4, -0.2) is 187 Å². The van der Waals surface area contributed by atoms with E-state index in [0.717, 1.165) is 74.7 Å². The first-order valence-corrected chi connectivity index (χ1v) is 49.0. The Morgan fingerprint density at radius 3 is 0.944 bits per heavy atom. The molecule has 9 heterocycles. The number of piperidine rings is 1. The Morgan fingerprint density at radius 1 is 0.371 bits per heavy atom. The maximum atomic E-state index is 13.1. The predicted molar refractivity (Wildman–Crippen MR) is 479 cm³/mol. The first-order chi connectivity index (χ1) is 59.3. The number of benzene rings is 4. The molecule has 4 fully saturated rings. The minimum Gasteiger partial charge on any atom is -0.393 e. The second kappa shape index (κ2) is 39.5. The molecule has 29 nitrogen and oxygen atoms in total. The van der Waals surface area contributed by atoms with Gasteiger partial charge in [0.15, 0.2) is 61.9 Å². The molecule has 124 heavy (non-hydrogen) atoms. The van der Waals surface area contributed by atoms with E-state index in [-0.39, 0.29) is 55.2 Å². The van der Waals surface area contributed by atoms with Crippen molar-refractivity contribution >= 4 is 108 Å². The van der Waals surface area contributed by atoms with Gasteiger partial charge in [-0.3, -0.25) is 19.2 Å². The SMILES string of the molecule is CC(C)S(=O)(=O)c1ccc(-c2cnc3[nH]cc(C(=O)NCC4CCCC4)c3n2)cc1.CC(C)S(=O)(=O)c1ccc(-c2cnc3[nH]cc(C(=O)NCC4CCCCC4)c3n2)cc1.CC(C)S(=O)(=O)c1ccc(-c2cnc3[nH]cc(C(=O)NC[C@H]4CCCC[C@@H]4O)c3n2)cc1.CCC1CCN(C(=O)c2c[nH]c3ncc(-c4ccc(S(=O)(=O)C(C)C)cc4)nc23)CC1. The number of likely N-dealkylation sites (tertiary alicyclic amines) is 1. The summed E-state index contributed by atoms with van der Waals surface area (Å²) in [6.45, 7) is 18.8. The zero-order chi connectivity index (χ0) is 88.4. The summed E-state index contributed by atoms with van der Waals surface area (Å²) in [7, 11) is -13.3. The van der Waals surface area contributed by atoms with Gasteiger partial charge in [-0.05, 0) is 173 Å². The third-order valence-electron chi connectivity index (χ3n) is 24.1. The monoisotopic (exact) mass is 1760 g/mol. The molecule has 4 aromatic carbocycles. The van der Waals surface area contributed by atoms with Crippen LogP contribution in [0.5, 0.6) is 0 Å². The number of aromatic amines is 4. The van der Waals surface area contributed by atoms with Crippen LogP contribution in [-0.2, 0) is 39.3 Å². The summed E-state index contributed by atoms with van der Waals surface area (Å²) in [5, 5.41) is 17.2. The fraction of sp³-hybridized carbons (Fsp3) is 0.429. The van der Waals surface area contributed by atoms with Crippen molar-refractivity contribution in [2.75, 3.05) is 32.7 Å². The molecule has 8 aromatic heterocycles. The summed E-state index contributed by atoms with van der Waals surface area (Å²) in [4.78, 5) is 103. The molecule has 3 saturated carbocycles. The van der Waals surface area contributed by atoms with E-state index < -0.39 is 60.3 Å². The lowest BCUT2D eigenvalue weighted by Gasteiger charge is -2.31. The number of hydrogen-bond acceptors (Lipinski definition) is 21. The van der Waals surface area contributed by atoms with Crippen LogP contribution >= 0.6 is 0 Å². The number of aliphatic hydroxyl groups is 1. The van der Waals surface area contributed by atoms with Crippen molar-refractivity contribution in [3.8, 4) is 45.0 Å². The number of sulfone groups is 4. The molecule has 33 heteroatoms. The Bertz CT molecular complexity index is 6270. The normalized spacial score (nSPS) is 16.5. The maximum absolute atomic E-state index is 13.1. The lowest BCUT2D eigenvalue weighted by atomic mass is 9.86. The van der Waals surface area contributed by atoms with E-state index in [4.69, 9.17) is 0 Å². The van der Waals surface area contributed by atoms with E-state index in [9.17, 15) is 58.0 Å². The van der Waals surface area contributed by atoms with Gasteiger partial charge >= 0.3 is 0 Å². The summed E-state index contributed by atoms with van der Waals surface area (Å²) in [5.41, 5.74) is 11.3. The molecule has 16 rings (SSSR count). The molecule has 1 saturated heterocycles. The van der Waals surface area contributed by atoms with Gasteiger partial charge in [-0.2, -0.15) is 0 Å². The molecule has 4 amide bonds. The summed E-state index contributed by atoms with van der Waals surface area (Å²) in [6, 6.07) is 26.4. The van der Waals surface area contributed by atoms with Crippen molar-refractivity contribution in [1.82, 2.24) is 80.7 Å². The second-order valence-corrected chi connectivity index (χ2v) is 43.6. The average molecular weight is 1760 g/mol. The number of rotatable bonds is 23. The van der Waals surface area contributed by atoms with Crippen LogP contribution < -0.4 is 16.0 Å². The molecule has 12 aromatic rings. The zero-order valence-electron chi connectivity index (χ0n) is 71.4. The van der Waals surface area contributed by atoms with Crippen molar-refractivity contribution < 1.29 is 58.0 Å². The van der Waals surface area contributed by atoms with Crippen LogP contribution in [0, 0.1) is 23.7 Å². The summed E-state index contributed by atoms with van der Waals surface area (Å²) in [5.74, 6) is 1.27. The molecule has 656 valence electrons. The topological polar surface area (TPSA) is 431 Å². The molecule has 4 aliphatic rings. The predicted octanol–water partition coefficient (Wildman–Crippen LogP) is 15.0. The van der Waals surface area contributed by atoms with Gasteiger partial charge in [0.2, 0.25) is 0 Å². The maximum Gasteiger partial charge on any atom is 0.257 e. The number of nitrogens with one attached hydrogen (secondary N) is 7.